The lowest BCUT2D eigenvalue weighted by atomic mass is 10.2. The van der Waals surface area contributed by atoms with Gasteiger partial charge in [-0.15, -0.1) is 0 Å². The number of halogens is 1. The van der Waals surface area contributed by atoms with E-state index in [0.717, 1.165) is 15.2 Å². The number of carbonyl (C=O) groups is 2. The maximum Gasteiger partial charge on any atom is 0.332 e. The Morgan fingerprint density at radius 3 is 2.38 bits per heavy atom. The Morgan fingerprint density at radius 1 is 1.15 bits per heavy atom. The Balaban J connectivity index is 2.09. The summed E-state index contributed by atoms with van der Waals surface area (Å²) in [5.41, 5.74) is 4.24. The molecule has 2 aromatic rings. The number of carbonyl (C=O) groups excluding carboxylic acids is 2. The number of hydrogen-bond acceptors (Lipinski definition) is 6. The maximum absolute atomic E-state index is 12.8. The molecule has 26 heavy (non-hydrogen) atoms. The fourth-order valence-corrected chi connectivity index (χ4v) is 2.12. The van der Waals surface area contributed by atoms with E-state index in [1.54, 1.807) is 0 Å². The molecule has 0 radical (unpaired) electrons. The number of aromatic nitrogens is 2. The zero-order chi connectivity index (χ0) is 19.4. The predicted molar refractivity (Wildman–Crippen MR) is 92.1 cm³/mol. The van der Waals surface area contributed by atoms with Crippen molar-refractivity contribution >= 4 is 23.6 Å². The number of anilines is 1. The molecule has 0 saturated heterocycles. The number of nitrogens with zero attached hydrogens (tertiary/aromatic N) is 2. The first-order chi connectivity index (χ1) is 12.2. The van der Waals surface area contributed by atoms with E-state index in [1.165, 1.54) is 44.4 Å². The molecule has 0 aliphatic heterocycles. The van der Waals surface area contributed by atoms with Gasteiger partial charge in [-0.25, -0.2) is 14.0 Å². The molecule has 136 valence electrons. The number of nitrogens with two attached hydrogens (primary N) is 1. The summed E-state index contributed by atoms with van der Waals surface area (Å²) >= 11 is 0. The minimum atomic E-state index is -0.867. The van der Waals surface area contributed by atoms with Crippen LogP contribution in [0.5, 0.6) is 0 Å². The number of benzene rings is 1. The Kier molecular flexibility index (Phi) is 5.51. The topological polar surface area (TPSA) is 113 Å². The Bertz CT molecular complexity index is 1000. The third kappa shape index (κ3) is 3.94. The normalized spacial score (nSPS) is 10.9. The van der Waals surface area contributed by atoms with Gasteiger partial charge < -0.3 is 10.5 Å². The third-order valence-electron chi connectivity index (χ3n) is 3.62. The predicted octanol–water partition coefficient (Wildman–Crippen LogP) is 0.245. The van der Waals surface area contributed by atoms with Crippen LogP contribution in [0.2, 0.25) is 0 Å². The van der Waals surface area contributed by atoms with Crippen LogP contribution >= 0.6 is 0 Å². The quantitative estimate of drug-likeness (QED) is 0.464. The van der Waals surface area contributed by atoms with Crippen LogP contribution in [-0.2, 0) is 23.6 Å². The number of esters is 1. The molecule has 0 fully saturated rings. The highest BCUT2D eigenvalue weighted by molar-refractivity contribution is 6.01. The molecule has 0 aliphatic rings. The Hall–Kier alpha value is -3.49. The van der Waals surface area contributed by atoms with Gasteiger partial charge in [-0.3, -0.25) is 18.7 Å². The van der Waals surface area contributed by atoms with E-state index in [0.29, 0.717) is 5.56 Å². The van der Waals surface area contributed by atoms with Gasteiger partial charge in [0.2, 0.25) is 5.78 Å². The zero-order valence-corrected chi connectivity index (χ0v) is 14.1. The summed E-state index contributed by atoms with van der Waals surface area (Å²) in [7, 11) is 2.52. The van der Waals surface area contributed by atoms with Gasteiger partial charge in [0, 0.05) is 20.2 Å². The smallest absolute Gasteiger partial charge is 0.332 e. The minimum Gasteiger partial charge on any atom is -0.454 e. The highest BCUT2D eigenvalue weighted by Gasteiger charge is 2.21. The third-order valence-corrected chi connectivity index (χ3v) is 3.62. The maximum atomic E-state index is 12.8. The lowest BCUT2D eigenvalue weighted by Crippen LogP contribution is -2.42. The van der Waals surface area contributed by atoms with Crippen molar-refractivity contribution in [3.63, 3.8) is 0 Å². The van der Waals surface area contributed by atoms with Crippen molar-refractivity contribution < 1.29 is 18.7 Å². The molecule has 0 amide bonds. The summed E-state index contributed by atoms with van der Waals surface area (Å²) < 4.78 is 19.3. The van der Waals surface area contributed by atoms with E-state index >= 15 is 0 Å². The minimum absolute atomic E-state index is 0.305. The first-order valence-corrected chi connectivity index (χ1v) is 7.41. The van der Waals surface area contributed by atoms with Gasteiger partial charge in [0.1, 0.15) is 17.2 Å². The summed E-state index contributed by atoms with van der Waals surface area (Å²) in [5.74, 6) is -2.38. The molecule has 0 spiro atoms. The molecule has 2 rings (SSSR count). The molecule has 8 nitrogen and oxygen atoms in total. The average molecular weight is 361 g/mol. The van der Waals surface area contributed by atoms with E-state index < -0.39 is 41.0 Å². The average Bonchev–Trinajstić information content (AvgIpc) is 2.62. The lowest BCUT2D eigenvalue weighted by molar-refractivity contribution is -0.136. The second kappa shape index (κ2) is 7.60. The van der Waals surface area contributed by atoms with E-state index in [9.17, 15) is 23.6 Å². The summed E-state index contributed by atoms with van der Waals surface area (Å²) in [6.45, 7) is -0.718. The van der Waals surface area contributed by atoms with Gasteiger partial charge in [-0.2, -0.15) is 0 Å². The highest BCUT2D eigenvalue weighted by Crippen LogP contribution is 2.06. The molecular weight excluding hydrogens is 345 g/mol. The van der Waals surface area contributed by atoms with E-state index in [-0.39, 0.29) is 5.82 Å². The first kappa shape index (κ1) is 18.8. The standard InChI is InChI=1S/C17H16FN3O5/c1-20-15(19)14(16(24)21(2)17(20)25)12(22)9-26-13(23)8-5-10-3-6-11(18)7-4-10/h3-8H,9,19H2,1-2H3. The summed E-state index contributed by atoms with van der Waals surface area (Å²) in [6, 6.07) is 5.37. The first-order valence-electron chi connectivity index (χ1n) is 7.41. The molecule has 1 heterocycles. The summed E-state index contributed by atoms with van der Waals surface area (Å²) in [6.07, 6.45) is 2.44. The number of ketones is 1. The number of Topliss-reactive ketones (excluding diaryl/α,β-unsaturated/α-hetero) is 1. The van der Waals surface area contributed by atoms with Crippen LogP contribution in [0.4, 0.5) is 10.2 Å². The van der Waals surface area contributed by atoms with E-state index in [4.69, 9.17) is 10.5 Å². The van der Waals surface area contributed by atoms with Crippen LogP contribution in [0.3, 0.4) is 0 Å². The number of rotatable bonds is 5. The van der Waals surface area contributed by atoms with Crippen LogP contribution in [-0.4, -0.2) is 27.5 Å². The molecule has 1 aromatic carbocycles. The van der Waals surface area contributed by atoms with Gasteiger partial charge in [-0.05, 0) is 23.8 Å². The molecule has 2 N–H and O–H groups in total. The Morgan fingerprint density at radius 2 is 1.77 bits per heavy atom. The van der Waals surface area contributed by atoms with Crippen LogP contribution in [0.25, 0.3) is 6.08 Å². The van der Waals surface area contributed by atoms with E-state index in [2.05, 4.69) is 0 Å². The molecule has 0 unspecified atom stereocenters. The molecule has 0 aliphatic carbocycles. The molecule has 0 bridgehead atoms. The van der Waals surface area contributed by atoms with Gasteiger partial charge >= 0.3 is 11.7 Å². The van der Waals surface area contributed by atoms with Crippen molar-refractivity contribution in [3.8, 4) is 0 Å². The zero-order valence-electron chi connectivity index (χ0n) is 14.1. The van der Waals surface area contributed by atoms with Gasteiger partial charge in [0.15, 0.2) is 6.61 Å². The largest absolute Gasteiger partial charge is 0.454 e. The van der Waals surface area contributed by atoms with Crippen LogP contribution in [0.15, 0.2) is 39.9 Å². The highest BCUT2D eigenvalue weighted by atomic mass is 19.1. The van der Waals surface area contributed by atoms with E-state index in [1.807, 2.05) is 0 Å². The monoisotopic (exact) mass is 361 g/mol. The van der Waals surface area contributed by atoms with Crippen molar-refractivity contribution in [3.05, 3.63) is 68.1 Å². The van der Waals surface area contributed by atoms with Crippen molar-refractivity contribution in [1.29, 1.82) is 0 Å². The summed E-state index contributed by atoms with van der Waals surface area (Å²) in [5, 5.41) is 0. The molecule has 0 saturated carbocycles. The fourth-order valence-electron chi connectivity index (χ4n) is 2.12. The molecular formula is C17H16FN3O5. The van der Waals surface area contributed by atoms with Gasteiger partial charge in [-0.1, -0.05) is 12.1 Å². The molecule has 9 heteroatoms. The number of nitrogen functional groups attached to an aromatic ring is 1. The van der Waals surface area contributed by atoms with Crippen molar-refractivity contribution in [2.75, 3.05) is 12.3 Å². The number of ether oxygens (including phenoxy) is 1. The lowest BCUT2D eigenvalue weighted by Gasteiger charge is -2.10. The van der Waals surface area contributed by atoms with Crippen molar-refractivity contribution in [1.82, 2.24) is 9.13 Å². The number of hydrogen-bond donors (Lipinski definition) is 1. The SMILES string of the molecule is Cn1c(N)c(C(=O)COC(=O)C=Cc2ccc(F)cc2)c(=O)n(C)c1=O. The van der Waals surface area contributed by atoms with Crippen LogP contribution in [0, 0.1) is 5.82 Å². The summed E-state index contributed by atoms with van der Waals surface area (Å²) in [4.78, 5) is 47.6. The van der Waals surface area contributed by atoms with Crippen molar-refractivity contribution in [2.45, 2.75) is 0 Å². The fraction of sp³-hybridized carbons (Fsp3) is 0.176. The second-order valence-electron chi connectivity index (χ2n) is 5.38. The molecule has 1 aromatic heterocycles. The second-order valence-corrected chi connectivity index (χ2v) is 5.38. The van der Waals surface area contributed by atoms with Crippen LogP contribution < -0.4 is 17.0 Å². The Labute approximate surface area is 146 Å². The van der Waals surface area contributed by atoms with Gasteiger partial charge in [0.25, 0.3) is 5.56 Å². The van der Waals surface area contributed by atoms with Crippen molar-refractivity contribution in [2.24, 2.45) is 14.1 Å². The van der Waals surface area contributed by atoms with Crippen LogP contribution in [0.1, 0.15) is 15.9 Å². The molecule has 0 atom stereocenters. The van der Waals surface area contributed by atoms with Gasteiger partial charge in [0.05, 0.1) is 0 Å².